The molecule has 0 N–H and O–H groups in total. The van der Waals surface area contributed by atoms with Crippen molar-refractivity contribution >= 4 is 33.5 Å². The molecule has 0 radical (unpaired) electrons. The SMILES string of the molecule is Cc1ccc(SCC(=O)OCC(=O)N(CC(C)C)[C@@H]2CCS(=O)(=O)C2)c(C)c1. The Hall–Kier alpha value is -1.54. The van der Waals surface area contributed by atoms with Crippen molar-refractivity contribution < 1.29 is 22.7 Å². The molecule has 1 aromatic rings. The lowest BCUT2D eigenvalue weighted by Crippen LogP contribution is -2.45. The minimum atomic E-state index is -3.09. The van der Waals surface area contributed by atoms with E-state index in [0.29, 0.717) is 13.0 Å². The molecule has 156 valence electrons. The monoisotopic (exact) mass is 427 g/mol. The van der Waals surface area contributed by atoms with Gasteiger partial charge in [-0.25, -0.2) is 8.42 Å². The molecule has 2 rings (SSSR count). The van der Waals surface area contributed by atoms with Crippen LogP contribution < -0.4 is 0 Å². The van der Waals surface area contributed by atoms with E-state index in [-0.39, 0.29) is 41.7 Å². The van der Waals surface area contributed by atoms with E-state index in [9.17, 15) is 18.0 Å². The molecule has 1 aliphatic rings. The molecule has 0 aliphatic carbocycles. The Morgan fingerprint density at radius 1 is 1.29 bits per heavy atom. The topological polar surface area (TPSA) is 80.8 Å². The summed E-state index contributed by atoms with van der Waals surface area (Å²) in [6.45, 7) is 8.04. The van der Waals surface area contributed by atoms with Gasteiger partial charge >= 0.3 is 5.97 Å². The van der Waals surface area contributed by atoms with Gasteiger partial charge in [0.25, 0.3) is 5.91 Å². The molecule has 0 saturated carbocycles. The van der Waals surface area contributed by atoms with E-state index >= 15 is 0 Å². The number of thioether (sulfide) groups is 1. The zero-order valence-corrected chi connectivity index (χ0v) is 18.6. The summed E-state index contributed by atoms with van der Waals surface area (Å²) in [7, 11) is -3.09. The van der Waals surface area contributed by atoms with Crippen LogP contribution in [0.1, 0.15) is 31.4 Å². The van der Waals surface area contributed by atoms with E-state index < -0.39 is 15.8 Å². The predicted octanol–water partition coefficient (Wildman–Crippen LogP) is 2.61. The van der Waals surface area contributed by atoms with Crippen LogP contribution in [0.3, 0.4) is 0 Å². The number of rotatable bonds is 8. The van der Waals surface area contributed by atoms with Crippen molar-refractivity contribution in [2.75, 3.05) is 30.4 Å². The van der Waals surface area contributed by atoms with Crippen molar-refractivity contribution in [1.82, 2.24) is 4.90 Å². The van der Waals surface area contributed by atoms with E-state index in [1.807, 2.05) is 39.8 Å². The minimum Gasteiger partial charge on any atom is -0.455 e. The molecule has 0 unspecified atom stereocenters. The molecule has 6 nitrogen and oxygen atoms in total. The maximum atomic E-state index is 12.6. The van der Waals surface area contributed by atoms with E-state index in [4.69, 9.17) is 4.74 Å². The maximum Gasteiger partial charge on any atom is 0.316 e. The van der Waals surface area contributed by atoms with Crippen molar-refractivity contribution in [1.29, 1.82) is 0 Å². The van der Waals surface area contributed by atoms with Crippen LogP contribution in [0, 0.1) is 19.8 Å². The normalized spacial score (nSPS) is 18.2. The number of carbonyl (C=O) groups excluding carboxylic acids is 2. The molecule has 0 aromatic heterocycles. The van der Waals surface area contributed by atoms with E-state index in [1.54, 1.807) is 4.90 Å². The molecular weight excluding hydrogens is 398 g/mol. The Bertz CT molecular complexity index is 820. The Balaban J connectivity index is 1.87. The molecule has 1 aliphatic heterocycles. The Morgan fingerprint density at radius 2 is 2.00 bits per heavy atom. The fraction of sp³-hybridized carbons (Fsp3) is 0.600. The number of esters is 1. The largest absolute Gasteiger partial charge is 0.455 e. The van der Waals surface area contributed by atoms with Crippen molar-refractivity contribution in [2.45, 2.75) is 45.1 Å². The third-order valence-electron chi connectivity index (χ3n) is 4.56. The summed E-state index contributed by atoms with van der Waals surface area (Å²) < 4.78 is 28.7. The predicted molar refractivity (Wildman–Crippen MR) is 111 cm³/mol. The van der Waals surface area contributed by atoms with Gasteiger partial charge in [0.05, 0.1) is 17.3 Å². The van der Waals surface area contributed by atoms with Gasteiger partial charge in [0, 0.05) is 17.5 Å². The Kier molecular flexibility index (Phi) is 7.95. The summed E-state index contributed by atoms with van der Waals surface area (Å²) in [4.78, 5) is 27.2. The highest BCUT2D eigenvalue weighted by Gasteiger charge is 2.35. The second-order valence-electron chi connectivity index (χ2n) is 7.72. The number of sulfone groups is 1. The number of ether oxygens (including phenoxy) is 1. The lowest BCUT2D eigenvalue weighted by molar-refractivity contribution is -0.151. The number of nitrogens with zero attached hydrogens (tertiary/aromatic N) is 1. The van der Waals surface area contributed by atoms with Gasteiger partial charge in [-0.1, -0.05) is 31.5 Å². The highest BCUT2D eigenvalue weighted by molar-refractivity contribution is 8.00. The molecule has 1 aromatic carbocycles. The number of amides is 1. The first-order valence-electron chi connectivity index (χ1n) is 9.43. The highest BCUT2D eigenvalue weighted by Crippen LogP contribution is 2.23. The third-order valence-corrected chi connectivity index (χ3v) is 7.46. The average molecular weight is 428 g/mol. The van der Waals surface area contributed by atoms with Crippen LogP contribution in [0.5, 0.6) is 0 Å². The number of benzene rings is 1. The molecule has 1 fully saturated rings. The molecule has 28 heavy (non-hydrogen) atoms. The second-order valence-corrected chi connectivity index (χ2v) is 11.0. The van der Waals surface area contributed by atoms with Crippen LogP contribution >= 0.6 is 11.8 Å². The molecule has 8 heteroatoms. The highest BCUT2D eigenvalue weighted by atomic mass is 32.2. The summed E-state index contributed by atoms with van der Waals surface area (Å²) in [5.74, 6) is -0.377. The molecule has 1 atom stereocenters. The standard InChI is InChI=1S/C20H29NO5S2/c1-14(2)10-21(17-7-8-28(24,25)13-17)19(22)11-26-20(23)12-27-18-6-5-15(3)9-16(18)4/h5-6,9,14,17H,7-8,10-13H2,1-4H3/t17-/m1/s1. The van der Waals surface area contributed by atoms with E-state index in [1.165, 1.54) is 11.8 Å². The first-order valence-corrected chi connectivity index (χ1v) is 12.2. The van der Waals surface area contributed by atoms with Crippen molar-refractivity contribution in [3.05, 3.63) is 29.3 Å². The average Bonchev–Trinajstić information content (AvgIpc) is 2.96. The van der Waals surface area contributed by atoms with Crippen molar-refractivity contribution in [3.63, 3.8) is 0 Å². The van der Waals surface area contributed by atoms with Gasteiger partial charge in [-0.3, -0.25) is 9.59 Å². The molecule has 0 bridgehead atoms. The van der Waals surface area contributed by atoms with Crippen LogP contribution in [0.15, 0.2) is 23.1 Å². The smallest absolute Gasteiger partial charge is 0.316 e. The van der Waals surface area contributed by atoms with Gasteiger partial charge < -0.3 is 9.64 Å². The number of hydrogen-bond donors (Lipinski definition) is 0. The zero-order valence-electron chi connectivity index (χ0n) is 16.9. The molecule has 1 amide bonds. The molecule has 1 heterocycles. The van der Waals surface area contributed by atoms with Gasteiger partial charge in [-0.05, 0) is 37.8 Å². The van der Waals surface area contributed by atoms with Crippen molar-refractivity contribution in [3.8, 4) is 0 Å². The zero-order chi connectivity index (χ0) is 20.9. The lowest BCUT2D eigenvalue weighted by Gasteiger charge is -2.29. The number of carbonyl (C=O) groups is 2. The van der Waals surface area contributed by atoms with Crippen LogP contribution in [0.25, 0.3) is 0 Å². The van der Waals surface area contributed by atoms with Crippen molar-refractivity contribution in [2.24, 2.45) is 5.92 Å². The summed E-state index contributed by atoms with van der Waals surface area (Å²) in [5, 5.41) is 0. The summed E-state index contributed by atoms with van der Waals surface area (Å²) in [6.07, 6.45) is 0.442. The summed E-state index contributed by atoms with van der Waals surface area (Å²) in [5.41, 5.74) is 2.26. The van der Waals surface area contributed by atoms with Crippen LogP contribution in [0.4, 0.5) is 0 Å². The first-order chi connectivity index (χ1) is 13.1. The van der Waals surface area contributed by atoms with Gasteiger partial charge in [-0.2, -0.15) is 0 Å². The lowest BCUT2D eigenvalue weighted by atomic mass is 10.1. The molecular formula is C20H29NO5S2. The maximum absolute atomic E-state index is 12.6. The Labute approximate surface area is 171 Å². The van der Waals surface area contributed by atoms with E-state index in [2.05, 4.69) is 6.07 Å². The number of hydrogen-bond acceptors (Lipinski definition) is 6. The van der Waals surface area contributed by atoms with Crippen LogP contribution in [0.2, 0.25) is 0 Å². The van der Waals surface area contributed by atoms with Gasteiger partial charge in [0.15, 0.2) is 16.4 Å². The third kappa shape index (κ3) is 6.81. The van der Waals surface area contributed by atoms with E-state index in [0.717, 1.165) is 16.0 Å². The van der Waals surface area contributed by atoms with Crippen LogP contribution in [-0.4, -0.2) is 61.6 Å². The fourth-order valence-electron chi connectivity index (χ4n) is 3.23. The van der Waals surface area contributed by atoms with Gasteiger partial charge in [0.1, 0.15) is 0 Å². The fourth-order valence-corrected chi connectivity index (χ4v) is 5.77. The van der Waals surface area contributed by atoms with Gasteiger partial charge in [-0.15, -0.1) is 11.8 Å². The van der Waals surface area contributed by atoms with Crippen LogP contribution in [-0.2, 0) is 24.2 Å². The Morgan fingerprint density at radius 3 is 2.57 bits per heavy atom. The van der Waals surface area contributed by atoms with Gasteiger partial charge in [0.2, 0.25) is 0 Å². The summed E-state index contributed by atoms with van der Waals surface area (Å²) >= 11 is 1.38. The quantitative estimate of drug-likeness (QED) is 0.469. The molecule has 1 saturated heterocycles. The second kappa shape index (κ2) is 9.78. The number of aryl methyl sites for hydroxylation is 2. The molecule has 0 spiro atoms. The minimum absolute atomic E-state index is 0.0119. The first kappa shape index (κ1) is 22.7. The summed E-state index contributed by atoms with van der Waals surface area (Å²) in [6, 6.07) is 5.68.